The fourth-order valence-electron chi connectivity index (χ4n) is 2.03. The van der Waals surface area contributed by atoms with Crippen molar-refractivity contribution < 1.29 is 9.53 Å². The summed E-state index contributed by atoms with van der Waals surface area (Å²) >= 11 is 0. The van der Waals surface area contributed by atoms with Crippen molar-refractivity contribution in [3.8, 4) is 5.75 Å². The summed E-state index contributed by atoms with van der Waals surface area (Å²) in [5.74, 6) is 1.12. The third kappa shape index (κ3) is 2.32. The third-order valence-corrected chi connectivity index (χ3v) is 2.93. The van der Waals surface area contributed by atoms with Gasteiger partial charge in [0.05, 0.1) is 7.11 Å². The summed E-state index contributed by atoms with van der Waals surface area (Å²) in [5, 5.41) is 0. The normalized spacial score (nSPS) is 18.8. The van der Waals surface area contributed by atoms with E-state index in [0.29, 0.717) is 6.42 Å². The number of hydrogen-bond acceptors (Lipinski definition) is 2. The Morgan fingerprint density at radius 3 is 2.69 bits per heavy atom. The Balaban J connectivity index is 2.30. The number of benzene rings is 1. The van der Waals surface area contributed by atoms with Gasteiger partial charge >= 0.3 is 0 Å². The Hall–Kier alpha value is -1.57. The van der Waals surface area contributed by atoms with Gasteiger partial charge in [0, 0.05) is 12.0 Å². The highest BCUT2D eigenvalue weighted by Crippen LogP contribution is 2.26. The Morgan fingerprint density at radius 1 is 1.19 bits per heavy atom. The quantitative estimate of drug-likeness (QED) is 0.709. The molecular formula is C14H16O2. The van der Waals surface area contributed by atoms with Gasteiger partial charge in [-0.1, -0.05) is 18.2 Å². The molecule has 0 aromatic heterocycles. The van der Waals surface area contributed by atoms with Crippen LogP contribution in [0.5, 0.6) is 5.75 Å². The zero-order chi connectivity index (χ0) is 11.4. The van der Waals surface area contributed by atoms with E-state index in [4.69, 9.17) is 4.74 Å². The molecular weight excluding hydrogens is 200 g/mol. The van der Waals surface area contributed by atoms with Crippen LogP contribution in [0.4, 0.5) is 0 Å². The molecule has 0 aliphatic heterocycles. The zero-order valence-electron chi connectivity index (χ0n) is 9.53. The van der Waals surface area contributed by atoms with E-state index < -0.39 is 0 Å². The van der Waals surface area contributed by atoms with Crippen LogP contribution in [-0.2, 0) is 4.79 Å². The van der Waals surface area contributed by atoms with Gasteiger partial charge in [0.2, 0.25) is 0 Å². The molecule has 0 saturated heterocycles. The second-order valence-electron chi connectivity index (χ2n) is 4.04. The predicted octanol–water partition coefficient (Wildman–Crippen LogP) is 3.22. The van der Waals surface area contributed by atoms with E-state index >= 15 is 0 Å². The highest BCUT2D eigenvalue weighted by atomic mass is 16.5. The summed E-state index contributed by atoms with van der Waals surface area (Å²) in [7, 11) is 1.65. The molecule has 1 aliphatic rings. The van der Waals surface area contributed by atoms with Crippen molar-refractivity contribution in [2.45, 2.75) is 25.7 Å². The Bertz CT molecular complexity index is 418. The molecule has 0 atom stereocenters. The summed E-state index contributed by atoms with van der Waals surface area (Å²) in [6.45, 7) is 0. The highest BCUT2D eigenvalue weighted by Gasteiger charge is 2.15. The Kier molecular flexibility index (Phi) is 3.40. The molecule has 0 unspecified atom stereocenters. The summed E-state index contributed by atoms with van der Waals surface area (Å²) in [4.78, 5) is 11.7. The van der Waals surface area contributed by atoms with Gasteiger partial charge in [-0.05, 0) is 37.0 Å². The van der Waals surface area contributed by atoms with E-state index in [0.717, 1.165) is 36.1 Å². The van der Waals surface area contributed by atoms with Crippen molar-refractivity contribution in [1.29, 1.82) is 0 Å². The van der Waals surface area contributed by atoms with E-state index in [-0.39, 0.29) is 5.78 Å². The average molecular weight is 216 g/mol. The number of allylic oxidation sites excluding steroid dienone is 1. The Morgan fingerprint density at radius 2 is 1.94 bits per heavy atom. The number of carbonyl (C=O) groups excluding carboxylic acids is 1. The Labute approximate surface area is 95.9 Å². The van der Waals surface area contributed by atoms with Crippen molar-refractivity contribution >= 4 is 11.9 Å². The number of rotatable bonds is 2. The van der Waals surface area contributed by atoms with E-state index in [1.807, 2.05) is 30.3 Å². The topological polar surface area (TPSA) is 26.3 Å². The van der Waals surface area contributed by atoms with Crippen molar-refractivity contribution in [1.82, 2.24) is 0 Å². The van der Waals surface area contributed by atoms with Crippen LogP contribution in [0.2, 0.25) is 0 Å². The smallest absolute Gasteiger partial charge is 0.158 e. The van der Waals surface area contributed by atoms with Crippen LogP contribution in [0.25, 0.3) is 6.08 Å². The van der Waals surface area contributed by atoms with Gasteiger partial charge < -0.3 is 4.74 Å². The van der Waals surface area contributed by atoms with Gasteiger partial charge in [-0.25, -0.2) is 0 Å². The second-order valence-corrected chi connectivity index (χ2v) is 4.04. The maximum atomic E-state index is 11.7. The van der Waals surface area contributed by atoms with Gasteiger partial charge in [-0.3, -0.25) is 4.79 Å². The van der Waals surface area contributed by atoms with Crippen LogP contribution in [0.1, 0.15) is 31.2 Å². The molecule has 0 spiro atoms. The summed E-state index contributed by atoms with van der Waals surface area (Å²) < 4.78 is 5.27. The molecule has 84 valence electrons. The highest BCUT2D eigenvalue weighted by molar-refractivity contribution is 6.00. The second kappa shape index (κ2) is 4.97. The standard InChI is InChI=1S/C14H16O2/c1-16-14-9-5-3-7-12(14)10-11-6-2-4-8-13(11)15/h3,5,7,9-10H,2,4,6,8H2,1H3/b11-10+. The van der Waals surface area contributed by atoms with Crippen LogP contribution < -0.4 is 4.74 Å². The molecule has 1 aliphatic carbocycles. The van der Waals surface area contributed by atoms with Crippen LogP contribution >= 0.6 is 0 Å². The van der Waals surface area contributed by atoms with Crippen LogP contribution in [0.3, 0.4) is 0 Å². The number of Topliss-reactive ketones (excluding diaryl/α,β-unsaturated/α-hetero) is 1. The van der Waals surface area contributed by atoms with Crippen LogP contribution in [0.15, 0.2) is 29.8 Å². The van der Waals surface area contributed by atoms with Crippen molar-refractivity contribution in [3.63, 3.8) is 0 Å². The maximum absolute atomic E-state index is 11.7. The van der Waals surface area contributed by atoms with Crippen LogP contribution in [0, 0.1) is 0 Å². The van der Waals surface area contributed by atoms with Crippen molar-refractivity contribution in [2.24, 2.45) is 0 Å². The number of para-hydroxylation sites is 1. The fraction of sp³-hybridized carbons (Fsp3) is 0.357. The largest absolute Gasteiger partial charge is 0.496 e. The summed E-state index contributed by atoms with van der Waals surface area (Å²) in [6.07, 6.45) is 5.72. The molecule has 2 rings (SSSR count). The van der Waals surface area contributed by atoms with Crippen molar-refractivity contribution in [2.75, 3.05) is 7.11 Å². The number of hydrogen-bond donors (Lipinski definition) is 0. The van der Waals surface area contributed by atoms with Crippen LogP contribution in [-0.4, -0.2) is 12.9 Å². The first kappa shape index (κ1) is 10.9. The molecule has 0 radical (unpaired) electrons. The average Bonchev–Trinajstić information content (AvgIpc) is 2.33. The lowest BCUT2D eigenvalue weighted by molar-refractivity contribution is -0.116. The lowest BCUT2D eigenvalue weighted by Gasteiger charge is -2.13. The molecule has 0 N–H and O–H groups in total. The van der Waals surface area contributed by atoms with Gasteiger partial charge in [0.25, 0.3) is 0 Å². The molecule has 0 amide bonds. The maximum Gasteiger partial charge on any atom is 0.158 e. The van der Waals surface area contributed by atoms with E-state index in [1.54, 1.807) is 7.11 Å². The number of ether oxygens (including phenoxy) is 1. The monoisotopic (exact) mass is 216 g/mol. The first-order valence-corrected chi connectivity index (χ1v) is 5.68. The summed E-state index contributed by atoms with van der Waals surface area (Å²) in [5.41, 5.74) is 1.94. The molecule has 0 heterocycles. The molecule has 1 aromatic rings. The fourth-order valence-corrected chi connectivity index (χ4v) is 2.03. The molecule has 16 heavy (non-hydrogen) atoms. The predicted molar refractivity (Wildman–Crippen MR) is 64.4 cm³/mol. The molecule has 1 aromatic carbocycles. The lowest BCUT2D eigenvalue weighted by atomic mass is 9.92. The third-order valence-electron chi connectivity index (χ3n) is 2.93. The molecule has 1 saturated carbocycles. The SMILES string of the molecule is COc1ccccc1/C=C1\CCCCC1=O. The van der Waals surface area contributed by atoms with Gasteiger partial charge in [-0.15, -0.1) is 0 Å². The number of methoxy groups -OCH3 is 1. The minimum Gasteiger partial charge on any atom is -0.496 e. The minimum atomic E-state index is 0.289. The zero-order valence-corrected chi connectivity index (χ0v) is 9.53. The number of carbonyl (C=O) groups is 1. The summed E-state index contributed by atoms with van der Waals surface area (Å²) in [6, 6.07) is 7.79. The molecule has 0 bridgehead atoms. The van der Waals surface area contributed by atoms with E-state index in [9.17, 15) is 4.79 Å². The van der Waals surface area contributed by atoms with Gasteiger partial charge in [0.15, 0.2) is 5.78 Å². The van der Waals surface area contributed by atoms with Gasteiger partial charge in [0.1, 0.15) is 5.75 Å². The van der Waals surface area contributed by atoms with Gasteiger partial charge in [-0.2, -0.15) is 0 Å². The first-order valence-electron chi connectivity index (χ1n) is 5.68. The molecule has 2 heteroatoms. The van der Waals surface area contributed by atoms with E-state index in [1.165, 1.54) is 0 Å². The molecule has 2 nitrogen and oxygen atoms in total. The number of ketones is 1. The van der Waals surface area contributed by atoms with Crippen molar-refractivity contribution in [3.05, 3.63) is 35.4 Å². The minimum absolute atomic E-state index is 0.289. The molecule has 1 fully saturated rings. The first-order chi connectivity index (χ1) is 7.81. The lowest BCUT2D eigenvalue weighted by Crippen LogP contribution is -2.08. The van der Waals surface area contributed by atoms with E-state index in [2.05, 4.69) is 0 Å².